The fourth-order valence-electron chi connectivity index (χ4n) is 7.12. The molecular weight excluding hydrogens is 776 g/mol. The number of imide groups is 1. The molecular formula is C37H22F8N6O4S. The third-order valence-electron chi connectivity index (χ3n) is 9.53. The molecule has 56 heavy (non-hydrogen) atoms. The summed E-state index contributed by atoms with van der Waals surface area (Å²) < 4.78 is 116. The van der Waals surface area contributed by atoms with Crippen molar-refractivity contribution in [2.24, 2.45) is 5.73 Å². The van der Waals surface area contributed by atoms with E-state index in [0.717, 1.165) is 35.4 Å². The summed E-state index contributed by atoms with van der Waals surface area (Å²) in [4.78, 5) is 57.9. The number of hydrogen-bond acceptors (Lipinski definition) is 7. The minimum absolute atomic E-state index is 0.0121. The third-order valence-corrected chi connectivity index (χ3v) is 10.9. The number of aromatic nitrogens is 3. The van der Waals surface area contributed by atoms with Crippen LogP contribution >= 0.6 is 11.8 Å². The van der Waals surface area contributed by atoms with Gasteiger partial charge in [-0.25, -0.2) is 18.1 Å². The van der Waals surface area contributed by atoms with Gasteiger partial charge in [-0.3, -0.25) is 28.8 Å². The number of nitrogens with zero attached hydrogens (tertiary/aromatic N) is 4. The Morgan fingerprint density at radius 1 is 0.929 bits per heavy atom. The van der Waals surface area contributed by atoms with Crippen LogP contribution in [0.25, 0.3) is 11.1 Å². The second kappa shape index (κ2) is 13.0. The van der Waals surface area contributed by atoms with E-state index >= 15 is 8.78 Å². The van der Waals surface area contributed by atoms with Crippen LogP contribution in [0, 0.1) is 17.5 Å². The molecule has 3 aromatic carbocycles. The average Bonchev–Trinajstić information content (AvgIpc) is 3.70. The number of benzene rings is 3. The highest BCUT2D eigenvalue weighted by Gasteiger charge is 2.69. The number of anilines is 1. The Kier molecular flexibility index (Phi) is 8.55. The van der Waals surface area contributed by atoms with Gasteiger partial charge in [0.1, 0.15) is 29.7 Å². The Hall–Kier alpha value is -6.11. The molecule has 8 rings (SSSR count). The molecule has 2 aromatic heterocycles. The zero-order valence-electron chi connectivity index (χ0n) is 28.0. The lowest BCUT2D eigenvalue weighted by molar-refractivity contribution is -0.142. The molecule has 4 heterocycles. The average molecular weight is 799 g/mol. The van der Waals surface area contributed by atoms with Crippen LogP contribution in [0.1, 0.15) is 70.6 Å². The second-order valence-electron chi connectivity index (χ2n) is 13.1. The first kappa shape index (κ1) is 36.8. The lowest BCUT2D eigenvalue weighted by Gasteiger charge is -2.24. The molecule has 1 aliphatic carbocycles. The molecule has 3 N–H and O–H groups in total. The second-order valence-corrected chi connectivity index (χ2v) is 14.4. The van der Waals surface area contributed by atoms with Crippen LogP contribution in [0.15, 0.2) is 72.9 Å². The van der Waals surface area contributed by atoms with Gasteiger partial charge in [0.2, 0.25) is 5.91 Å². The molecule has 1 fully saturated rings. The number of hydrogen-bond donors (Lipinski definition) is 2. The zero-order chi connectivity index (χ0) is 40.0. The highest BCUT2D eigenvalue weighted by Crippen LogP contribution is 2.72. The maximum absolute atomic E-state index is 15.3. The van der Waals surface area contributed by atoms with Crippen molar-refractivity contribution >= 4 is 41.1 Å². The number of amides is 4. The van der Waals surface area contributed by atoms with Crippen LogP contribution in [0.4, 0.5) is 40.8 Å². The number of halogens is 8. The fraction of sp³-hybridized carbons (Fsp3) is 0.189. The van der Waals surface area contributed by atoms with Crippen molar-refractivity contribution in [1.82, 2.24) is 20.1 Å². The molecule has 2 aliphatic heterocycles. The van der Waals surface area contributed by atoms with Crippen LogP contribution in [-0.2, 0) is 29.9 Å². The van der Waals surface area contributed by atoms with Crippen LogP contribution < -0.4 is 16.0 Å². The Morgan fingerprint density at radius 3 is 2.21 bits per heavy atom. The van der Waals surface area contributed by atoms with Gasteiger partial charge in [-0.1, -0.05) is 18.2 Å². The first-order valence-corrected chi connectivity index (χ1v) is 17.4. The van der Waals surface area contributed by atoms with E-state index in [1.807, 2.05) is 0 Å². The van der Waals surface area contributed by atoms with E-state index in [1.165, 1.54) is 36.4 Å². The van der Waals surface area contributed by atoms with E-state index in [2.05, 4.69) is 15.4 Å². The van der Waals surface area contributed by atoms with E-state index in [4.69, 9.17) is 5.73 Å². The highest BCUT2D eigenvalue weighted by atomic mass is 32.2. The summed E-state index contributed by atoms with van der Waals surface area (Å²) in [5, 5.41) is 3.22. The number of alkyl halides is 5. The summed E-state index contributed by atoms with van der Waals surface area (Å²) >= 11 is 0.640. The van der Waals surface area contributed by atoms with Gasteiger partial charge in [0, 0.05) is 17.2 Å². The van der Waals surface area contributed by atoms with Gasteiger partial charge in [0.05, 0.1) is 50.8 Å². The van der Waals surface area contributed by atoms with Crippen LogP contribution in [0.3, 0.4) is 0 Å². The molecule has 10 nitrogen and oxygen atoms in total. The lowest BCUT2D eigenvalue weighted by atomic mass is 9.94. The molecule has 0 saturated carbocycles. The molecule has 286 valence electrons. The minimum Gasteiger partial charge on any atom is -0.366 e. The molecule has 0 bridgehead atoms. The highest BCUT2D eigenvalue weighted by molar-refractivity contribution is 8.07. The predicted octanol–water partition coefficient (Wildman–Crippen LogP) is 6.64. The van der Waals surface area contributed by atoms with Crippen molar-refractivity contribution in [3.8, 4) is 11.1 Å². The predicted molar refractivity (Wildman–Crippen MR) is 182 cm³/mol. The van der Waals surface area contributed by atoms with Crippen LogP contribution in [0.5, 0.6) is 0 Å². The molecule has 0 unspecified atom stereocenters. The van der Waals surface area contributed by atoms with Crippen molar-refractivity contribution in [2.45, 2.75) is 41.6 Å². The number of pyridine rings is 1. The number of carbonyl (C=O) groups is 4. The molecule has 4 amide bonds. The maximum Gasteiger partial charge on any atom is 0.435 e. The summed E-state index contributed by atoms with van der Waals surface area (Å²) in [6, 6.07) is 11.1. The van der Waals surface area contributed by atoms with Crippen molar-refractivity contribution in [3.63, 3.8) is 0 Å². The Labute approximate surface area is 313 Å². The summed E-state index contributed by atoms with van der Waals surface area (Å²) in [6.07, 6.45) is -4.55. The number of nitrogens with one attached hydrogen (secondary N) is 1. The van der Waals surface area contributed by atoms with Gasteiger partial charge in [0.15, 0.2) is 5.69 Å². The van der Waals surface area contributed by atoms with Gasteiger partial charge in [-0.2, -0.15) is 27.1 Å². The molecule has 5 aromatic rings. The molecule has 3 atom stereocenters. The van der Waals surface area contributed by atoms with Gasteiger partial charge in [-0.15, -0.1) is 11.8 Å². The van der Waals surface area contributed by atoms with Gasteiger partial charge in [0.25, 0.3) is 17.7 Å². The van der Waals surface area contributed by atoms with Crippen molar-refractivity contribution in [2.75, 3.05) is 4.90 Å². The van der Waals surface area contributed by atoms with E-state index < -0.39 is 105 Å². The van der Waals surface area contributed by atoms with E-state index in [-0.39, 0.29) is 43.9 Å². The number of primary amides is 1. The molecule has 3 aliphatic rings. The Balaban J connectivity index is 1.24. The first-order chi connectivity index (χ1) is 26.4. The van der Waals surface area contributed by atoms with Crippen LogP contribution in [-0.4, -0.2) is 43.6 Å². The molecule has 0 radical (unpaired) electrons. The summed E-state index contributed by atoms with van der Waals surface area (Å²) in [7, 11) is 0. The van der Waals surface area contributed by atoms with E-state index in [9.17, 15) is 45.5 Å². The summed E-state index contributed by atoms with van der Waals surface area (Å²) in [5.74, 6) is -10.7. The number of thioether (sulfide) groups is 1. The smallest absolute Gasteiger partial charge is 0.366 e. The SMILES string of the molecule is NC(=O)c1cc(-c2cc(N3C(=O)c4ccccc4C3=O)cnc2[C@H](Cc2cc(F)cc(F)c2)NC(=O)Cn2nc(C(F)(F)F)c3c2C(F)(F)[C@@H]2S[C@H]32)ccc1F. The quantitative estimate of drug-likeness (QED) is 0.0968. The number of carbonyl (C=O) groups excluding carboxylic acids is 4. The fourth-order valence-corrected chi connectivity index (χ4v) is 8.29. The number of nitrogens with two attached hydrogens (primary N) is 1. The first-order valence-electron chi connectivity index (χ1n) is 16.5. The monoisotopic (exact) mass is 798 g/mol. The van der Waals surface area contributed by atoms with Crippen molar-refractivity contribution in [3.05, 3.63) is 135 Å². The van der Waals surface area contributed by atoms with Crippen molar-refractivity contribution < 1.29 is 54.3 Å². The summed E-state index contributed by atoms with van der Waals surface area (Å²) in [5.41, 5.74) is 1.10. The maximum atomic E-state index is 15.3. The number of rotatable bonds is 9. The molecule has 0 spiro atoms. The number of fused-ring (bicyclic) bond motifs is 4. The normalized spacial score (nSPS) is 18.4. The third kappa shape index (κ3) is 6.15. The van der Waals surface area contributed by atoms with E-state index in [0.29, 0.717) is 17.8 Å². The largest absolute Gasteiger partial charge is 0.435 e. The van der Waals surface area contributed by atoms with E-state index in [1.54, 1.807) is 0 Å². The lowest BCUT2D eigenvalue weighted by Crippen LogP contribution is -2.35. The van der Waals surface area contributed by atoms with Gasteiger partial charge >= 0.3 is 12.1 Å². The zero-order valence-corrected chi connectivity index (χ0v) is 28.8. The topological polar surface area (TPSA) is 140 Å². The standard InChI is InChI=1S/C37H22F8N6O4S/c38-17-7-15(8-18(39)11-17)9-25(48-26(52)14-50-31-27(30(49-50)37(43,44)45)29-32(56-29)36(31,41)42)28-22(16-5-6-24(40)23(10-16)33(46)53)12-19(13-47-28)51-34(54)20-3-1-2-4-21(20)35(51)55/h1-8,10-13,25,29,32H,9,14H2,(H2,46,53)(H,48,52)/t25-,29+,32+/m0/s1. The summed E-state index contributed by atoms with van der Waals surface area (Å²) in [6.45, 7) is -1.16. The van der Waals surface area contributed by atoms with Crippen LogP contribution in [0.2, 0.25) is 0 Å². The van der Waals surface area contributed by atoms with Gasteiger partial charge in [-0.05, 0) is 60.0 Å². The minimum atomic E-state index is -5.12. The molecule has 1 saturated heterocycles. The molecule has 19 heteroatoms. The Bertz CT molecular complexity index is 2490. The van der Waals surface area contributed by atoms with Gasteiger partial charge < -0.3 is 11.1 Å². The van der Waals surface area contributed by atoms with Crippen molar-refractivity contribution in [1.29, 1.82) is 0 Å². The Morgan fingerprint density at radius 2 is 1.59 bits per heavy atom.